The molecule has 1 aromatic carbocycles. The van der Waals surface area contributed by atoms with Gasteiger partial charge in [0.15, 0.2) is 0 Å². The van der Waals surface area contributed by atoms with Crippen LogP contribution >= 0.6 is 0 Å². The number of nitrogen functional groups attached to an aromatic ring is 1. The molecule has 0 saturated carbocycles. The van der Waals surface area contributed by atoms with Crippen LogP contribution in [0.2, 0.25) is 0 Å². The molecule has 148 valence electrons. The molecule has 0 aliphatic heterocycles. The van der Waals surface area contributed by atoms with Crippen molar-refractivity contribution < 1.29 is 5.11 Å². The van der Waals surface area contributed by atoms with Crippen LogP contribution in [0.1, 0.15) is 37.7 Å². The Morgan fingerprint density at radius 3 is 2.59 bits per heavy atom. The first-order valence-electron chi connectivity index (χ1n) is 9.63. The quantitative estimate of drug-likeness (QED) is 0.544. The van der Waals surface area contributed by atoms with E-state index < -0.39 is 5.60 Å². The fourth-order valence-corrected chi connectivity index (χ4v) is 3.36. The highest BCUT2D eigenvalue weighted by atomic mass is 16.3. The molecule has 29 heavy (non-hydrogen) atoms. The Labute approximate surface area is 169 Å². The zero-order valence-corrected chi connectivity index (χ0v) is 16.8. The normalized spacial score (nSPS) is 11.9. The summed E-state index contributed by atoms with van der Waals surface area (Å²) in [6.07, 6.45) is 2.76. The molecule has 3 N–H and O–H groups in total. The number of aliphatic hydroxyl groups is 1. The number of rotatable bonds is 5. The third-order valence-corrected chi connectivity index (χ3v) is 4.85. The van der Waals surface area contributed by atoms with Crippen LogP contribution in [0.4, 0.5) is 5.95 Å². The Morgan fingerprint density at radius 1 is 1.03 bits per heavy atom. The fourth-order valence-electron chi connectivity index (χ4n) is 3.36. The molecule has 3 heterocycles. The standard InChI is InChI=1S/C22H24N6O/c1-4-14-7-5-9-16-19(14)25-21(23)26-20(16)17-11-12-28(27-17)13-15-8-6-10-18(24-15)22(2,3)29/h5-12,29H,4,13H2,1-3H3,(H2,23,25,26). The van der Waals surface area contributed by atoms with Crippen LogP contribution in [-0.4, -0.2) is 29.8 Å². The lowest BCUT2D eigenvalue weighted by Gasteiger charge is -2.17. The molecule has 0 radical (unpaired) electrons. The number of benzene rings is 1. The maximum atomic E-state index is 10.2. The highest BCUT2D eigenvalue weighted by Gasteiger charge is 2.18. The van der Waals surface area contributed by atoms with E-state index in [1.54, 1.807) is 18.5 Å². The summed E-state index contributed by atoms with van der Waals surface area (Å²) < 4.78 is 1.81. The van der Waals surface area contributed by atoms with Crippen LogP contribution in [0.15, 0.2) is 48.7 Å². The number of nitrogens with two attached hydrogens (primary N) is 1. The fraction of sp³-hybridized carbons (Fsp3) is 0.273. The summed E-state index contributed by atoms with van der Waals surface area (Å²) in [6, 6.07) is 13.6. The molecule has 0 unspecified atom stereocenters. The molecule has 7 heteroatoms. The monoisotopic (exact) mass is 388 g/mol. The van der Waals surface area contributed by atoms with Crippen molar-refractivity contribution in [1.29, 1.82) is 0 Å². The zero-order chi connectivity index (χ0) is 20.6. The van der Waals surface area contributed by atoms with Gasteiger partial charge in [-0.05, 0) is 44.0 Å². The smallest absolute Gasteiger partial charge is 0.221 e. The minimum absolute atomic E-state index is 0.238. The van der Waals surface area contributed by atoms with Gasteiger partial charge in [-0.1, -0.05) is 31.2 Å². The molecule has 0 atom stereocenters. The summed E-state index contributed by atoms with van der Waals surface area (Å²) >= 11 is 0. The van der Waals surface area contributed by atoms with Gasteiger partial charge in [0.2, 0.25) is 5.95 Å². The average molecular weight is 388 g/mol. The van der Waals surface area contributed by atoms with Gasteiger partial charge >= 0.3 is 0 Å². The molecule has 3 aromatic heterocycles. The van der Waals surface area contributed by atoms with Crippen molar-refractivity contribution in [1.82, 2.24) is 24.7 Å². The number of aryl methyl sites for hydroxylation is 1. The van der Waals surface area contributed by atoms with Crippen LogP contribution in [0.25, 0.3) is 22.3 Å². The van der Waals surface area contributed by atoms with E-state index in [2.05, 4.69) is 33.0 Å². The van der Waals surface area contributed by atoms with E-state index in [4.69, 9.17) is 5.73 Å². The Morgan fingerprint density at radius 2 is 1.83 bits per heavy atom. The first kappa shape index (κ1) is 19.0. The van der Waals surface area contributed by atoms with Gasteiger partial charge in [0, 0.05) is 11.6 Å². The Balaban J connectivity index is 1.70. The SMILES string of the molecule is CCc1cccc2c(-c3ccn(Cc4cccc(C(C)(C)O)n4)n3)nc(N)nc12. The van der Waals surface area contributed by atoms with E-state index in [1.165, 1.54) is 0 Å². The molecular formula is C22H24N6O. The minimum Gasteiger partial charge on any atom is -0.384 e. The van der Waals surface area contributed by atoms with Gasteiger partial charge in [-0.15, -0.1) is 0 Å². The highest BCUT2D eigenvalue weighted by molar-refractivity contribution is 5.93. The second-order valence-corrected chi connectivity index (χ2v) is 7.57. The molecule has 0 fully saturated rings. The summed E-state index contributed by atoms with van der Waals surface area (Å²) in [4.78, 5) is 13.4. The summed E-state index contributed by atoms with van der Waals surface area (Å²) in [6.45, 7) is 6.03. The van der Waals surface area contributed by atoms with Gasteiger partial charge in [-0.2, -0.15) is 5.10 Å². The molecule has 0 aliphatic carbocycles. The van der Waals surface area contributed by atoms with Crippen LogP contribution in [0.5, 0.6) is 0 Å². The number of fused-ring (bicyclic) bond motifs is 1. The van der Waals surface area contributed by atoms with E-state index in [9.17, 15) is 5.11 Å². The van der Waals surface area contributed by atoms with E-state index in [0.29, 0.717) is 12.2 Å². The van der Waals surface area contributed by atoms with Crippen molar-refractivity contribution in [3.05, 3.63) is 65.6 Å². The molecule has 0 aliphatic rings. The second kappa shape index (κ2) is 7.25. The van der Waals surface area contributed by atoms with Gasteiger partial charge in [-0.3, -0.25) is 9.67 Å². The van der Waals surface area contributed by atoms with E-state index >= 15 is 0 Å². The van der Waals surface area contributed by atoms with Gasteiger partial charge < -0.3 is 10.8 Å². The number of nitrogens with zero attached hydrogens (tertiary/aromatic N) is 5. The number of anilines is 1. The maximum Gasteiger partial charge on any atom is 0.221 e. The topological polar surface area (TPSA) is 103 Å². The van der Waals surface area contributed by atoms with E-state index in [-0.39, 0.29) is 5.95 Å². The molecule has 4 aromatic rings. The predicted octanol–water partition coefficient (Wildman–Crippen LogP) is 3.31. The highest BCUT2D eigenvalue weighted by Crippen LogP contribution is 2.28. The summed E-state index contributed by atoms with van der Waals surface area (Å²) in [7, 11) is 0. The van der Waals surface area contributed by atoms with Crippen LogP contribution in [0.3, 0.4) is 0 Å². The lowest BCUT2D eigenvalue weighted by molar-refractivity contribution is 0.0736. The number of hydrogen-bond donors (Lipinski definition) is 2. The molecule has 0 amide bonds. The van der Waals surface area contributed by atoms with Crippen molar-refractivity contribution in [2.45, 2.75) is 39.3 Å². The Kier molecular flexibility index (Phi) is 4.76. The van der Waals surface area contributed by atoms with Crippen LogP contribution in [0, 0.1) is 0 Å². The average Bonchev–Trinajstić information content (AvgIpc) is 3.14. The van der Waals surface area contributed by atoms with Crippen LogP contribution in [-0.2, 0) is 18.6 Å². The van der Waals surface area contributed by atoms with Gasteiger partial charge in [-0.25, -0.2) is 9.97 Å². The summed E-state index contributed by atoms with van der Waals surface area (Å²) in [5, 5.41) is 15.8. The van der Waals surface area contributed by atoms with Crippen molar-refractivity contribution in [2.75, 3.05) is 5.73 Å². The van der Waals surface area contributed by atoms with Crippen LogP contribution < -0.4 is 5.73 Å². The molecule has 0 saturated heterocycles. The zero-order valence-electron chi connectivity index (χ0n) is 16.8. The lowest BCUT2D eigenvalue weighted by Crippen LogP contribution is -2.18. The molecule has 7 nitrogen and oxygen atoms in total. The number of para-hydroxylation sites is 1. The third kappa shape index (κ3) is 3.82. The number of aromatic nitrogens is 5. The van der Waals surface area contributed by atoms with Gasteiger partial charge in [0.05, 0.1) is 23.4 Å². The molecular weight excluding hydrogens is 364 g/mol. The Bertz CT molecular complexity index is 1180. The van der Waals surface area contributed by atoms with Gasteiger partial charge in [0.1, 0.15) is 17.0 Å². The first-order valence-corrected chi connectivity index (χ1v) is 9.63. The van der Waals surface area contributed by atoms with Crippen molar-refractivity contribution in [3.63, 3.8) is 0 Å². The molecule has 0 bridgehead atoms. The molecule has 4 rings (SSSR count). The Hall–Kier alpha value is -3.32. The van der Waals surface area contributed by atoms with Crippen molar-refractivity contribution in [2.24, 2.45) is 0 Å². The summed E-state index contributed by atoms with van der Waals surface area (Å²) in [5.41, 5.74) is 9.90. The molecule has 0 spiro atoms. The maximum absolute atomic E-state index is 10.2. The lowest BCUT2D eigenvalue weighted by atomic mass is 10.0. The number of pyridine rings is 1. The second-order valence-electron chi connectivity index (χ2n) is 7.57. The number of hydrogen-bond acceptors (Lipinski definition) is 6. The summed E-state index contributed by atoms with van der Waals surface area (Å²) in [5.74, 6) is 0.238. The largest absolute Gasteiger partial charge is 0.384 e. The first-order chi connectivity index (χ1) is 13.8. The minimum atomic E-state index is -0.986. The van der Waals surface area contributed by atoms with E-state index in [0.717, 1.165) is 40.0 Å². The predicted molar refractivity (Wildman–Crippen MR) is 113 cm³/mol. The van der Waals surface area contributed by atoms with Gasteiger partial charge in [0.25, 0.3) is 0 Å². The van der Waals surface area contributed by atoms with E-state index in [1.807, 2.05) is 42.6 Å². The van der Waals surface area contributed by atoms with Crippen molar-refractivity contribution in [3.8, 4) is 11.4 Å². The van der Waals surface area contributed by atoms with Crippen molar-refractivity contribution >= 4 is 16.9 Å². The third-order valence-electron chi connectivity index (χ3n) is 4.85.